The van der Waals surface area contributed by atoms with Crippen molar-refractivity contribution in [3.63, 3.8) is 0 Å². The summed E-state index contributed by atoms with van der Waals surface area (Å²) in [4.78, 5) is 17.4. The fourth-order valence-corrected chi connectivity index (χ4v) is 3.56. The van der Waals surface area contributed by atoms with Crippen molar-refractivity contribution in [2.24, 2.45) is 5.92 Å². The van der Waals surface area contributed by atoms with E-state index in [9.17, 15) is 4.79 Å². The molecule has 0 aliphatic carbocycles. The number of fused-ring (bicyclic) bond motifs is 1. The second-order valence-corrected chi connectivity index (χ2v) is 6.51. The Balaban J connectivity index is 1.48. The molecule has 0 atom stereocenters. The smallest absolute Gasteiger partial charge is 0.309 e. The molecule has 4 rings (SSSR count). The van der Waals surface area contributed by atoms with Gasteiger partial charge in [0.2, 0.25) is 0 Å². The van der Waals surface area contributed by atoms with Gasteiger partial charge >= 0.3 is 5.97 Å². The van der Waals surface area contributed by atoms with Crippen LogP contribution in [0.1, 0.15) is 5.76 Å². The molecule has 0 spiro atoms. The highest BCUT2D eigenvalue weighted by atomic mass is 32.1. The predicted molar refractivity (Wildman–Crippen MR) is 83.7 cm³/mol. The summed E-state index contributed by atoms with van der Waals surface area (Å²) in [6.07, 6.45) is 0. The van der Waals surface area contributed by atoms with E-state index in [1.54, 1.807) is 11.3 Å². The van der Waals surface area contributed by atoms with Crippen LogP contribution in [0.25, 0.3) is 21.0 Å². The second kappa shape index (κ2) is 5.23. The maximum atomic E-state index is 10.8. The van der Waals surface area contributed by atoms with Crippen LogP contribution in [-0.2, 0) is 11.3 Å². The van der Waals surface area contributed by atoms with Crippen molar-refractivity contribution < 1.29 is 14.3 Å². The van der Waals surface area contributed by atoms with Crippen LogP contribution in [0.3, 0.4) is 0 Å². The molecule has 6 heteroatoms. The van der Waals surface area contributed by atoms with E-state index in [0.717, 1.165) is 26.7 Å². The van der Waals surface area contributed by atoms with Gasteiger partial charge in [-0.15, -0.1) is 11.3 Å². The Morgan fingerprint density at radius 2 is 2.14 bits per heavy atom. The van der Waals surface area contributed by atoms with Gasteiger partial charge in [-0.25, -0.2) is 4.98 Å². The monoisotopic (exact) mass is 314 g/mol. The average molecular weight is 314 g/mol. The molecule has 1 fully saturated rings. The molecule has 5 nitrogen and oxygen atoms in total. The number of furan rings is 1. The first-order chi connectivity index (χ1) is 10.7. The van der Waals surface area contributed by atoms with Gasteiger partial charge in [0.25, 0.3) is 0 Å². The SMILES string of the molecule is O=C(O)C1CN(Cc2ccc(-c3nc4ccccc4s3)o2)C1. The molecule has 1 saturated heterocycles. The summed E-state index contributed by atoms with van der Waals surface area (Å²) in [5.74, 6) is 0.661. The number of carboxylic acid groups (broad SMARTS) is 1. The third kappa shape index (κ3) is 2.40. The lowest BCUT2D eigenvalue weighted by Gasteiger charge is -2.35. The van der Waals surface area contributed by atoms with Crippen LogP contribution < -0.4 is 0 Å². The molecule has 1 N–H and O–H groups in total. The minimum atomic E-state index is -0.717. The minimum absolute atomic E-state index is 0.237. The molecule has 1 aliphatic heterocycles. The fourth-order valence-electron chi connectivity index (χ4n) is 2.63. The van der Waals surface area contributed by atoms with Gasteiger partial charge in [-0.1, -0.05) is 12.1 Å². The van der Waals surface area contributed by atoms with Crippen LogP contribution in [0.15, 0.2) is 40.8 Å². The van der Waals surface area contributed by atoms with Crippen LogP contribution in [0.4, 0.5) is 0 Å². The first-order valence-corrected chi connectivity index (χ1v) is 7.90. The van der Waals surface area contributed by atoms with E-state index in [0.29, 0.717) is 19.6 Å². The van der Waals surface area contributed by atoms with E-state index in [1.165, 1.54) is 0 Å². The van der Waals surface area contributed by atoms with Crippen molar-refractivity contribution >= 4 is 27.5 Å². The standard InChI is InChI=1S/C16H14N2O3S/c19-16(20)10-7-18(8-10)9-11-5-6-13(21-11)15-17-12-3-1-2-4-14(12)22-15/h1-6,10H,7-9H2,(H,19,20). The Hall–Kier alpha value is -2.18. The van der Waals surface area contributed by atoms with Crippen molar-refractivity contribution in [2.45, 2.75) is 6.54 Å². The van der Waals surface area contributed by atoms with E-state index >= 15 is 0 Å². The zero-order valence-electron chi connectivity index (χ0n) is 11.7. The molecular formula is C16H14N2O3S. The number of benzene rings is 1. The van der Waals surface area contributed by atoms with Crippen LogP contribution in [0.5, 0.6) is 0 Å². The summed E-state index contributed by atoms with van der Waals surface area (Å²) in [5.41, 5.74) is 0.979. The van der Waals surface area contributed by atoms with E-state index < -0.39 is 5.97 Å². The van der Waals surface area contributed by atoms with E-state index in [-0.39, 0.29) is 5.92 Å². The lowest BCUT2D eigenvalue weighted by molar-refractivity contribution is -0.147. The van der Waals surface area contributed by atoms with Crippen molar-refractivity contribution in [2.75, 3.05) is 13.1 Å². The first kappa shape index (κ1) is 13.5. The predicted octanol–water partition coefficient (Wildman–Crippen LogP) is 3.07. The molecule has 0 bridgehead atoms. The van der Waals surface area contributed by atoms with Gasteiger partial charge < -0.3 is 9.52 Å². The number of carbonyl (C=O) groups is 1. The van der Waals surface area contributed by atoms with Crippen LogP contribution in [0, 0.1) is 5.92 Å². The summed E-state index contributed by atoms with van der Waals surface area (Å²) < 4.78 is 7.00. The van der Waals surface area contributed by atoms with Crippen molar-refractivity contribution in [3.05, 3.63) is 42.2 Å². The number of thiazole rings is 1. The normalized spacial score (nSPS) is 16.0. The molecule has 0 saturated carbocycles. The molecule has 112 valence electrons. The Kier molecular flexibility index (Phi) is 3.20. The molecule has 2 aromatic heterocycles. The molecule has 1 aliphatic rings. The van der Waals surface area contributed by atoms with Crippen molar-refractivity contribution in [1.29, 1.82) is 0 Å². The molecule has 22 heavy (non-hydrogen) atoms. The van der Waals surface area contributed by atoms with Gasteiger partial charge in [0.1, 0.15) is 5.76 Å². The minimum Gasteiger partial charge on any atom is -0.481 e. The molecule has 3 heterocycles. The van der Waals surface area contributed by atoms with Crippen LogP contribution in [0.2, 0.25) is 0 Å². The van der Waals surface area contributed by atoms with Crippen LogP contribution in [-0.4, -0.2) is 34.0 Å². The van der Waals surface area contributed by atoms with E-state index in [4.69, 9.17) is 9.52 Å². The van der Waals surface area contributed by atoms with Gasteiger partial charge in [-0.2, -0.15) is 0 Å². The fraction of sp³-hybridized carbons (Fsp3) is 0.250. The first-order valence-electron chi connectivity index (χ1n) is 7.09. The van der Waals surface area contributed by atoms with Gasteiger partial charge in [0.15, 0.2) is 10.8 Å². The number of carboxylic acids is 1. The number of aliphatic carboxylic acids is 1. The summed E-state index contributed by atoms with van der Waals surface area (Å²) in [7, 11) is 0. The van der Waals surface area contributed by atoms with Crippen molar-refractivity contribution in [1.82, 2.24) is 9.88 Å². The number of para-hydroxylation sites is 1. The number of hydrogen-bond acceptors (Lipinski definition) is 5. The summed E-state index contributed by atoms with van der Waals surface area (Å²) in [6.45, 7) is 1.83. The lowest BCUT2D eigenvalue weighted by atomic mass is 10.0. The Bertz CT molecular complexity index is 800. The number of hydrogen-bond donors (Lipinski definition) is 1. The van der Waals surface area contributed by atoms with E-state index in [1.807, 2.05) is 36.4 Å². The second-order valence-electron chi connectivity index (χ2n) is 5.48. The Morgan fingerprint density at radius 3 is 2.91 bits per heavy atom. The van der Waals surface area contributed by atoms with Gasteiger partial charge in [0, 0.05) is 13.1 Å². The third-order valence-corrected chi connectivity index (χ3v) is 4.90. The summed E-state index contributed by atoms with van der Waals surface area (Å²) in [5, 5.41) is 9.76. The Morgan fingerprint density at radius 1 is 1.32 bits per heavy atom. The molecule has 1 aromatic carbocycles. The summed E-state index contributed by atoms with van der Waals surface area (Å²) in [6, 6.07) is 11.9. The molecular weight excluding hydrogens is 300 g/mol. The van der Waals surface area contributed by atoms with E-state index in [2.05, 4.69) is 9.88 Å². The number of nitrogens with zero attached hydrogens (tertiary/aromatic N) is 2. The molecule has 0 unspecified atom stereocenters. The zero-order valence-corrected chi connectivity index (χ0v) is 12.5. The lowest BCUT2D eigenvalue weighted by Crippen LogP contribution is -2.49. The third-order valence-electron chi connectivity index (χ3n) is 3.85. The van der Waals surface area contributed by atoms with Gasteiger partial charge in [-0.3, -0.25) is 9.69 Å². The highest BCUT2D eigenvalue weighted by molar-refractivity contribution is 7.21. The number of likely N-dealkylation sites (tertiary alicyclic amines) is 1. The highest BCUT2D eigenvalue weighted by Crippen LogP contribution is 2.31. The molecule has 0 radical (unpaired) electrons. The molecule has 3 aromatic rings. The molecule has 0 amide bonds. The topological polar surface area (TPSA) is 66.6 Å². The largest absolute Gasteiger partial charge is 0.481 e. The maximum absolute atomic E-state index is 10.8. The zero-order chi connectivity index (χ0) is 15.1. The maximum Gasteiger partial charge on any atom is 0.309 e. The van der Waals surface area contributed by atoms with Crippen molar-refractivity contribution in [3.8, 4) is 10.8 Å². The summed E-state index contributed by atoms with van der Waals surface area (Å²) >= 11 is 1.61. The highest BCUT2D eigenvalue weighted by Gasteiger charge is 2.32. The van der Waals surface area contributed by atoms with Gasteiger partial charge in [-0.05, 0) is 24.3 Å². The quantitative estimate of drug-likeness (QED) is 0.801. The number of aromatic nitrogens is 1. The number of rotatable bonds is 4. The van der Waals surface area contributed by atoms with Gasteiger partial charge in [0.05, 0.1) is 22.7 Å². The van der Waals surface area contributed by atoms with Crippen LogP contribution >= 0.6 is 11.3 Å². The average Bonchev–Trinajstić information content (AvgIpc) is 3.08. The Labute approximate surface area is 130 Å².